The van der Waals surface area contributed by atoms with Crippen molar-refractivity contribution in [2.45, 2.75) is 51.6 Å². The normalized spacial score (nSPS) is 20.1. The molecule has 1 aromatic heterocycles. The van der Waals surface area contributed by atoms with E-state index in [0.717, 1.165) is 25.1 Å². The smallest absolute Gasteiger partial charge is 0.191 e. The van der Waals surface area contributed by atoms with Crippen LogP contribution in [0.4, 0.5) is 0 Å². The van der Waals surface area contributed by atoms with Crippen LogP contribution in [0.2, 0.25) is 0 Å². The topological polar surface area (TPSA) is 39.7 Å². The highest BCUT2D eigenvalue weighted by atomic mass is 32.1. The molecule has 0 amide bonds. The van der Waals surface area contributed by atoms with Crippen LogP contribution in [0.5, 0.6) is 0 Å². The van der Waals surface area contributed by atoms with E-state index in [-0.39, 0.29) is 0 Å². The van der Waals surface area contributed by atoms with Crippen molar-refractivity contribution in [2.75, 3.05) is 26.7 Å². The summed E-state index contributed by atoms with van der Waals surface area (Å²) in [5.41, 5.74) is 1.31. The van der Waals surface area contributed by atoms with E-state index < -0.39 is 0 Å². The van der Waals surface area contributed by atoms with E-state index in [1.165, 1.54) is 50.8 Å². The predicted molar refractivity (Wildman–Crippen MR) is 96.6 cm³/mol. The number of rotatable bonds is 7. The maximum Gasteiger partial charge on any atom is 0.191 e. The molecule has 0 bridgehead atoms. The van der Waals surface area contributed by atoms with Gasteiger partial charge in [-0.1, -0.05) is 6.42 Å². The van der Waals surface area contributed by atoms with E-state index in [1.807, 2.05) is 7.05 Å². The first-order valence-electron chi connectivity index (χ1n) is 8.49. The van der Waals surface area contributed by atoms with Crippen molar-refractivity contribution in [2.24, 2.45) is 4.99 Å². The van der Waals surface area contributed by atoms with Crippen LogP contribution in [-0.2, 0) is 6.54 Å². The highest BCUT2D eigenvalue weighted by molar-refractivity contribution is 7.07. The van der Waals surface area contributed by atoms with E-state index in [2.05, 4.69) is 44.3 Å². The van der Waals surface area contributed by atoms with Gasteiger partial charge in [-0.25, -0.2) is 0 Å². The molecule has 0 aromatic carbocycles. The maximum absolute atomic E-state index is 4.27. The van der Waals surface area contributed by atoms with Gasteiger partial charge in [0.15, 0.2) is 5.96 Å². The van der Waals surface area contributed by atoms with E-state index in [1.54, 1.807) is 11.3 Å². The molecular weight excluding hydrogens is 292 g/mol. The van der Waals surface area contributed by atoms with Gasteiger partial charge in [0.1, 0.15) is 0 Å². The summed E-state index contributed by atoms with van der Waals surface area (Å²) in [7, 11) is 1.83. The van der Waals surface area contributed by atoms with Crippen LogP contribution in [0.1, 0.15) is 44.6 Å². The molecule has 1 aliphatic rings. The fraction of sp³-hybridized carbons (Fsp3) is 0.706. The standard InChI is InChI=1S/C17H30N4S/c1-15-7-3-5-10-21(15)11-6-4-9-19-17(18-2)20-13-16-8-12-22-14-16/h8,12,14-15H,3-7,9-11,13H2,1-2H3,(H2,18,19,20). The van der Waals surface area contributed by atoms with E-state index in [0.29, 0.717) is 0 Å². The number of hydrogen-bond acceptors (Lipinski definition) is 3. The fourth-order valence-electron chi connectivity index (χ4n) is 2.94. The number of unbranched alkanes of at least 4 members (excludes halogenated alkanes) is 1. The molecule has 4 nitrogen and oxygen atoms in total. The molecule has 0 aliphatic carbocycles. The van der Waals surface area contributed by atoms with Gasteiger partial charge in [0.25, 0.3) is 0 Å². The van der Waals surface area contributed by atoms with E-state index in [9.17, 15) is 0 Å². The third-order valence-electron chi connectivity index (χ3n) is 4.37. The summed E-state index contributed by atoms with van der Waals surface area (Å²) in [6.07, 6.45) is 6.62. The summed E-state index contributed by atoms with van der Waals surface area (Å²) in [5.74, 6) is 0.901. The number of nitrogens with zero attached hydrogens (tertiary/aromatic N) is 2. The van der Waals surface area contributed by atoms with Crippen molar-refractivity contribution >= 4 is 17.3 Å². The number of piperidine rings is 1. The van der Waals surface area contributed by atoms with Crippen LogP contribution < -0.4 is 10.6 Å². The fourth-order valence-corrected chi connectivity index (χ4v) is 3.60. The summed E-state index contributed by atoms with van der Waals surface area (Å²) < 4.78 is 0. The number of guanidine groups is 1. The van der Waals surface area contributed by atoms with Gasteiger partial charge in [-0.15, -0.1) is 0 Å². The first-order valence-corrected chi connectivity index (χ1v) is 9.43. The van der Waals surface area contributed by atoms with Gasteiger partial charge in [-0.05, 0) is 68.1 Å². The quantitative estimate of drug-likeness (QED) is 0.460. The van der Waals surface area contributed by atoms with Gasteiger partial charge >= 0.3 is 0 Å². The second-order valence-corrected chi connectivity index (χ2v) is 6.85. The zero-order valence-electron chi connectivity index (χ0n) is 14.0. The first-order chi connectivity index (χ1) is 10.8. The minimum absolute atomic E-state index is 0.779. The molecule has 5 heteroatoms. The zero-order valence-corrected chi connectivity index (χ0v) is 14.8. The third-order valence-corrected chi connectivity index (χ3v) is 5.10. The Balaban J connectivity index is 1.54. The summed E-state index contributed by atoms with van der Waals surface area (Å²) in [6, 6.07) is 2.92. The predicted octanol–water partition coefficient (Wildman–Crippen LogP) is 3.07. The van der Waals surface area contributed by atoms with Crippen LogP contribution in [0.3, 0.4) is 0 Å². The first kappa shape index (κ1) is 17.3. The van der Waals surface area contributed by atoms with Crippen molar-refractivity contribution < 1.29 is 0 Å². The Hall–Kier alpha value is -1.07. The van der Waals surface area contributed by atoms with Gasteiger partial charge in [0, 0.05) is 26.2 Å². The third kappa shape index (κ3) is 5.97. The molecule has 1 fully saturated rings. The Morgan fingerprint density at radius 3 is 3.00 bits per heavy atom. The lowest BCUT2D eigenvalue weighted by Gasteiger charge is -2.33. The van der Waals surface area contributed by atoms with Crippen LogP contribution in [0, 0.1) is 0 Å². The Morgan fingerprint density at radius 1 is 1.36 bits per heavy atom. The van der Waals surface area contributed by atoms with Crippen LogP contribution >= 0.6 is 11.3 Å². The Kier molecular flexibility index (Phi) is 7.74. The summed E-state index contributed by atoms with van der Waals surface area (Å²) in [5, 5.41) is 11.0. The largest absolute Gasteiger partial charge is 0.356 e. The molecule has 0 saturated carbocycles. The summed E-state index contributed by atoms with van der Waals surface area (Å²) >= 11 is 1.73. The molecular formula is C17H30N4S. The molecule has 1 unspecified atom stereocenters. The summed E-state index contributed by atoms with van der Waals surface area (Å²) in [4.78, 5) is 6.92. The molecule has 1 saturated heterocycles. The molecule has 22 heavy (non-hydrogen) atoms. The van der Waals surface area contributed by atoms with Crippen LogP contribution in [-0.4, -0.2) is 43.6 Å². The van der Waals surface area contributed by atoms with Crippen molar-refractivity contribution in [3.05, 3.63) is 22.4 Å². The molecule has 2 N–H and O–H groups in total. The summed E-state index contributed by atoms with van der Waals surface area (Å²) in [6.45, 7) is 6.73. The highest BCUT2D eigenvalue weighted by Crippen LogP contribution is 2.16. The van der Waals surface area contributed by atoms with Crippen LogP contribution in [0.15, 0.2) is 21.8 Å². The molecule has 124 valence electrons. The second kappa shape index (κ2) is 9.85. The average molecular weight is 323 g/mol. The van der Waals surface area contributed by atoms with Gasteiger partial charge in [0.2, 0.25) is 0 Å². The Labute approximate surface area is 139 Å². The lowest BCUT2D eigenvalue weighted by molar-refractivity contribution is 0.158. The maximum atomic E-state index is 4.27. The van der Waals surface area contributed by atoms with Gasteiger partial charge in [-0.2, -0.15) is 11.3 Å². The monoisotopic (exact) mass is 322 g/mol. The van der Waals surface area contributed by atoms with Crippen molar-refractivity contribution in [3.63, 3.8) is 0 Å². The van der Waals surface area contributed by atoms with Gasteiger partial charge in [-0.3, -0.25) is 4.99 Å². The molecule has 1 aromatic rings. The van der Waals surface area contributed by atoms with E-state index >= 15 is 0 Å². The highest BCUT2D eigenvalue weighted by Gasteiger charge is 2.16. The van der Waals surface area contributed by atoms with Gasteiger partial charge in [0.05, 0.1) is 0 Å². The average Bonchev–Trinajstić information content (AvgIpc) is 3.05. The number of hydrogen-bond donors (Lipinski definition) is 2. The second-order valence-electron chi connectivity index (χ2n) is 6.07. The molecule has 2 rings (SSSR count). The minimum Gasteiger partial charge on any atom is -0.356 e. The number of thiophene rings is 1. The molecule has 1 aliphatic heterocycles. The van der Waals surface area contributed by atoms with E-state index in [4.69, 9.17) is 0 Å². The zero-order chi connectivity index (χ0) is 15.6. The molecule has 0 radical (unpaired) electrons. The van der Waals surface area contributed by atoms with Crippen molar-refractivity contribution in [3.8, 4) is 0 Å². The SMILES string of the molecule is CN=C(NCCCCN1CCCCC1C)NCc1ccsc1. The Morgan fingerprint density at radius 2 is 2.27 bits per heavy atom. The van der Waals surface area contributed by atoms with Crippen molar-refractivity contribution in [1.29, 1.82) is 0 Å². The lowest BCUT2D eigenvalue weighted by atomic mass is 10.0. The lowest BCUT2D eigenvalue weighted by Crippen LogP contribution is -2.39. The number of nitrogens with one attached hydrogen (secondary N) is 2. The minimum atomic E-state index is 0.779. The number of likely N-dealkylation sites (tertiary alicyclic amines) is 1. The van der Waals surface area contributed by atoms with Crippen LogP contribution in [0.25, 0.3) is 0 Å². The molecule has 1 atom stereocenters. The number of aliphatic imine (C=N–C) groups is 1. The van der Waals surface area contributed by atoms with Gasteiger partial charge < -0.3 is 15.5 Å². The van der Waals surface area contributed by atoms with Crippen molar-refractivity contribution in [1.82, 2.24) is 15.5 Å². The Bertz CT molecular complexity index is 430. The molecule has 0 spiro atoms. The molecule has 2 heterocycles.